The predicted octanol–water partition coefficient (Wildman–Crippen LogP) is 2.07. The second kappa shape index (κ2) is 7.33. The van der Waals surface area contributed by atoms with Crippen LogP contribution in [0.1, 0.15) is 5.56 Å². The molecule has 0 fully saturated rings. The Kier molecular flexibility index (Phi) is 6.07. The molecule has 6 heteroatoms. The number of aryl methyl sites for hydroxylation is 1. The predicted molar refractivity (Wildman–Crippen MR) is 72.2 cm³/mol. The highest BCUT2D eigenvalue weighted by atomic mass is 79.9. The highest BCUT2D eigenvalue weighted by Crippen LogP contribution is 2.23. The zero-order chi connectivity index (χ0) is 13.5. The van der Waals surface area contributed by atoms with Gasteiger partial charge in [0.15, 0.2) is 0 Å². The van der Waals surface area contributed by atoms with Crippen LogP contribution in [0.15, 0.2) is 16.6 Å². The van der Waals surface area contributed by atoms with Gasteiger partial charge in [0.1, 0.15) is 5.82 Å². The zero-order valence-corrected chi connectivity index (χ0v) is 11.9. The maximum atomic E-state index is 13.2. The normalized spacial score (nSPS) is 10.2. The lowest BCUT2D eigenvalue weighted by Gasteiger charge is -2.10. The van der Waals surface area contributed by atoms with Gasteiger partial charge in [-0.25, -0.2) is 4.39 Å². The average Bonchev–Trinajstić information content (AvgIpc) is 2.32. The number of hydrogen-bond donors (Lipinski definition) is 2. The van der Waals surface area contributed by atoms with E-state index < -0.39 is 0 Å². The van der Waals surface area contributed by atoms with Crippen LogP contribution in [0.2, 0.25) is 0 Å². The van der Waals surface area contributed by atoms with Crippen molar-refractivity contribution in [2.45, 2.75) is 6.92 Å². The first kappa shape index (κ1) is 14.9. The summed E-state index contributed by atoms with van der Waals surface area (Å²) in [5.41, 5.74) is 1.48. The number of amides is 1. The molecule has 0 saturated carbocycles. The molecule has 0 aliphatic carbocycles. The molecule has 0 radical (unpaired) electrons. The Hall–Kier alpha value is -1.14. The lowest BCUT2D eigenvalue weighted by Crippen LogP contribution is -2.32. The van der Waals surface area contributed by atoms with Crippen molar-refractivity contribution in [3.8, 4) is 0 Å². The molecule has 0 spiro atoms. The van der Waals surface area contributed by atoms with E-state index in [0.717, 1.165) is 11.3 Å². The fourth-order valence-electron chi connectivity index (χ4n) is 1.37. The molecule has 4 nitrogen and oxygen atoms in total. The van der Waals surface area contributed by atoms with E-state index >= 15 is 0 Å². The van der Waals surface area contributed by atoms with Crippen molar-refractivity contribution in [2.75, 3.05) is 32.1 Å². The van der Waals surface area contributed by atoms with E-state index in [2.05, 4.69) is 26.6 Å². The van der Waals surface area contributed by atoms with Gasteiger partial charge >= 0.3 is 0 Å². The van der Waals surface area contributed by atoms with E-state index in [1.807, 2.05) is 0 Å². The Labute approximate surface area is 114 Å². The smallest absolute Gasteiger partial charge is 0.239 e. The highest BCUT2D eigenvalue weighted by molar-refractivity contribution is 9.10. The molecule has 0 aliphatic rings. The van der Waals surface area contributed by atoms with Crippen LogP contribution >= 0.6 is 15.9 Å². The van der Waals surface area contributed by atoms with Crippen LogP contribution in [0.25, 0.3) is 0 Å². The number of hydrogen-bond acceptors (Lipinski definition) is 3. The van der Waals surface area contributed by atoms with Gasteiger partial charge in [-0.05, 0) is 40.5 Å². The van der Waals surface area contributed by atoms with Crippen molar-refractivity contribution in [1.82, 2.24) is 5.32 Å². The van der Waals surface area contributed by atoms with Crippen LogP contribution in [0.5, 0.6) is 0 Å². The van der Waals surface area contributed by atoms with E-state index in [4.69, 9.17) is 4.74 Å². The van der Waals surface area contributed by atoms with Gasteiger partial charge < -0.3 is 15.4 Å². The maximum Gasteiger partial charge on any atom is 0.239 e. The molecular weight excluding hydrogens is 303 g/mol. The average molecular weight is 319 g/mol. The van der Waals surface area contributed by atoms with Gasteiger partial charge in [0.25, 0.3) is 0 Å². The summed E-state index contributed by atoms with van der Waals surface area (Å²) in [5.74, 6) is -0.450. The minimum absolute atomic E-state index is 0.133. The molecule has 0 saturated heterocycles. The van der Waals surface area contributed by atoms with Crippen molar-refractivity contribution >= 4 is 27.5 Å². The first-order valence-electron chi connectivity index (χ1n) is 5.49. The summed E-state index contributed by atoms with van der Waals surface area (Å²) in [6.45, 7) is 2.87. The quantitative estimate of drug-likeness (QED) is 0.789. The maximum absolute atomic E-state index is 13.2. The Balaban J connectivity index is 2.48. The minimum atomic E-state index is -0.317. The van der Waals surface area contributed by atoms with Crippen LogP contribution in [0, 0.1) is 12.7 Å². The van der Waals surface area contributed by atoms with Crippen LogP contribution in [-0.2, 0) is 9.53 Å². The summed E-state index contributed by atoms with van der Waals surface area (Å²) >= 11 is 3.11. The Morgan fingerprint density at radius 2 is 2.22 bits per heavy atom. The van der Waals surface area contributed by atoms with Crippen molar-refractivity contribution in [3.05, 3.63) is 28.0 Å². The first-order valence-corrected chi connectivity index (χ1v) is 6.29. The lowest BCUT2D eigenvalue weighted by molar-refractivity contribution is -0.119. The SMILES string of the molecule is COCCNC(=O)CNc1cc(Br)c(F)cc1C. The Bertz CT molecular complexity index is 427. The number of benzene rings is 1. The second-order valence-electron chi connectivity index (χ2n) is 3.78. The summed E-state index contributed by atoms with van der Waals surface area (Å²) in [4.78, 5) is 11.4. The third kappa shape index (κ3) is 4.62. The van der Waals surface area contributed by atoms with Gasteiger partial charge in [-0.1, -0.05) is 0 Å². The van der Waals surface area contributed by atoms with E-state index in [1.165, 1.54) is 6.07 Å². The van der Waals surface area contributed by atoms with E-state index in [1.54, 1.807) is 20.1 Å². The first-order chi connectivity index (χ1) is 8.54. The molecule has 0 atom stereocenters. The Morgan fingerprint density at radius 1 is 1.50 bits per heavy atom. The molecule has 1 aromatic rings. The lowest BCUT2D eigenvalue weighted by atomic mass is 10.2. The monoisotopic (exact) mass is 318 g/mol. The van der Waals surface area contributed by atoms with Crippen molar-refractivity contribution in [3.63, 3.8) is 0 Å². The number of rotatable bonds is 6. The summed E-state index contributed by atoms with van der Waals surface area (Å²) in [6, 6.07) is 3.03. The molecule has 1 amide bonds. The third-order valence-corrected chi connectivity index (χ3v) is 2.94. The van der Waals surface area contributed by atoms with Crippen LogP contribution in [0.4, 0.5) is 10.1 Å². The number of methoxy groups -OCH3 is 1. The number of carbonyl (C=O) groups excluding carboxylic acids is 1. The number of anilines is 1. The molecule has 0 aliphatic heterocycles. The fourth-order valence-corrected chi connectivity index (χ4v) is 1.71. The Morgan fingerprint density at radius 3 is 2.89 bits per heavy atom. The third-order valence-electron chi connectivity index (χ3n) is 2.34. The number of nitrogens with one attached hydrogen (secondary N) is 2. The van der Waals surface area contributed by atoms with E-state index in [0.29, 0.717) is 17.6 Å². The summed E-state index contributed by atoms with van der Waals surface area (Å²) in [7, 11) is 1.57. The molecular formula is C12H16BrFN2O2. The molecule has 0 bridgehead atoms. The largest absolute Gasteiger partial charge is 0.383 e. The molecule has 0 aromatic heterocycles. The standard InChI is InChI=1S/C12H16BrFN2O2/c1-8-5-10(14)9(13)6-11(8)16-7-12(17)15-3-4-18-2/h5-6,16H,3-4,7H2,1-2H3,(H,15,17). The van der Waals surface area contributed by atoms with Gasteiger partial charge in [0.05, 0.1) is 17.6 Å². The van der Waals surface area contributed by atoms with Crippen molar-refractivity contribution in [1.29, 1.82) is 0 Å². The number of carbonyl (C=O) groups is 1. The van der Waals surface area contributed by atoms with Gasteiger partial charge in [0.2, 0.25) is 5.91 Å². The summed E-state index contributed by atoms with van der Waals surface area (Å²) < 4.78 is 18.4. The van der Waals surface area contributed by atoms with Gasteiger partial charge in [-0.15, -0.1) is 0 Å². The van der Waals surface area contributed by atoms with Crippen molar-refractivity contribution < 1.29 is 13.9 Å². The molecule has 1 aromatic carbocycles. The molecule has 2 N–H and O–H groups in total. The minimum Gasteiger partial charge on any atom is -0.383 e. The second-order valence-corrected chi connectivity index (χ2v) is 4.63. The topological polar surface area (TPSA) is 50.4 Å². The summed E-state index contributed by atoms with van der Waals surface area (Å²) in [5, 5.41) is 5.65. The zero-order valence-electron chi connectivity index (χ0n) is 10.3. The van der Waals surface area contributed by atoms with Crippen molar-refractivity contribution in [2.24, 2.45) is 0 Å². The fraction of sp³-hybridized carbons (Fsp3) is 0.417. The van der Waals surface area contributed by atoms with Crippen LogP contribution < -0.4 is 10.6 Å². The van der Waals surface area contributed by atoms with Gasteiger partial charge in [-0.2, -0.15) is 0 Å². The van der Waals surface area contributed by atoms with E-state index in [-0.39, 0.29) is 18.3 Å². The van der Waals surface area contributed by atoms with E-state index in [9.17, 15) is 9.18 Å². The van der Waals surface area contributed by atoms with Gasteiger partial charge in [0, 0.05) is 19.3 Å². The number of ether oxygens (including phenoxy) is 1. The highest BCUT2D eigenvalue weighted by Gasteiger charge is 2.06. The van der Waals surface area contributed by atoms with Crippen LogP contribution in [-0.4, -0.2) is 32.7 Å². The molecule has 1 rings (SSSR count). The molecule has 0 unspecified atom stereocenters. The number of halogens is 2. The van der Waals surface area contributed by atoms with Gasteiger partial charge in [-0.3, -0.25) is 4.79 Å². The van der Waals surface area contributed by atoms with Crippen LogP contribution in [0.3, 0.4) is 0 Å². The summed E-state index contributed by atoms with van der Waals surface area (Å²) in [6.07, 6.45) is 0. The molecule has 100 valence electrons. The molecule has 0 heterocycles. The molecule has 18 heavy (non-hydrogen) atoms.